The number of amides is 1. The summed E-state index contributed by atoms with van der Waals surface area (Å²) >= 11 is 0. The average Bonchev–Trinajstić information content (AvgIpc) is 3.43. The van der Waals surface area contributed by atoms with E-state index in [9.17, 15) is 18.0 Å². The lowest BCUT2D eigenvalue weighted by molar-refractivity contribution is -0.134. The Hall–Kier alpha value is -3.81. The number of hydroxylamine groups is 1. The molecule has 0 saturated carbocycles. The lowest BCUT2D eigenvalue weighted by Crippen LogP contribution is -2.54. The zero-order valence-electron chi connectivity index (χ0n) is 20.6. The Labute approximate surface area is 218 Å². The Bertz CT molecular complexity index is 1380. The van der Waals surface area contributed by atoms with Gasteiger partial charge in [-0.15, -0.1) is 10.2 Å². The van der Waals surface area contributed by atoms with Crippen LogP contribution >= 0.6 is 0 Å². The summed E-state index contributed by atoms with van der Waals surface area (Å²) in [5, 5.41) is 17.2. The van der Waals surface area contributed by atoms with Crippen LogP contribution < -0.4 is 15.0 Å². The van der Waals surface area contributed by atoms with Crippen LogP contribution in [0.4, 0.5) is 0 Å². The van der Waals surface area contributed by atoms with Gasteiger partial charge in [0.05, 0.1) is 24.2 Å². The Morgan fingerprint density at radius 1 is 1.16 bits per heavy atom. The number of aldehydes is 1. The minimum absolute atomic E-state index is 0.0529. The number of carbonyl (C=O) groups is 2. The molecule has 0 radical (unpaired) electrons. The van der Waals surface area contributed by atoms with Crippen LogP contribution in [0.25, 0.3) is 11.5 Å². The summed E-state index contributed by atoms with van der Waals surface area (Å²) < 4.78 is 46.8. The third kappa shape index (κ3) is 5.39. The molecule has 1 saturated heterocycles. The molecule has 1 aromatic heterocycles. The van der Waals surface area contributed by atoms with E-state index in [0.717, 1.165) is 0 Å². The first kappa shape index (κ1) is 27.2. The second-order valence-corrected chi connectivity index (χ2v) is 10.8. The number of aromatic nitrogens is 2. The average molecular weight is 546 g/mol. The van der Waals surface area contributed by atoms with Crippen molar-refractivity contribution in [1.82, 2.24) is 15.7 Å². The molecule has 0 atom stereocenters. The van der Waals surface area contributed by atoms with Gasteiger partial charge in [-0.1, -0.05) is 0 Å². The predicted octanol–water partition coefficient (Wildman–Crippen LogP) is 2.40. The molecule has 0 bridgehead atoms. The maximum absolute atomic E-state index is 13.3. The highest BCUT2D eigenvalue weighted by atomic mass is 32.2. The first-order valence-electron chi connectivity index (χ1n) is 11.8. The summed E-state index contributed by atoms with van der Waals surface area (Å²) in [5.41, 5.74) is 2.46. The number of hydrogen-bond acceptors (Lipinski definition) is 11. The number of hydrogen-bond donors (Lipinski definition) is 2. The summed E-state index contributed by atoms with van der Waals surface area (Å²) in [7, 11) is -2.60. The van der Waals surface area contributed by atoms with E-state index in [2.05, 4.69) is 10.2 Å². The van der Waals surface area contributed by atoms with Crippen LogP contribution in [0.3, 0.4) is 0 Å². The smallest absolute Gasteiger partial charge is 0.265 e. The zero-order valence-corrected chi connectivity index (χ0v) is 21.4. The highest BCUT2D eigenvalue weighted by Gasteiger charge is 2.52. The molecule has 202 valence electrons. The quantitative estimate of drug-likeness (QED) is 0.157. The molecule has 13 heteroatoms. The second kappa shape index (κ2) is 11.7. The summed E-state index contributed by atoms with van der Waals surface area (Å²) in [5.74, 6) is 0.584. The van der Waals surface area contributed by atoms with Crippen LogP contribution in [0.15, 0.2) is 51.8 Å². The Morgan fingerprint density at radius 3 is 2.55 bits per heavy atom. The minimum atomic E-state index is -4.11. The number of nitrogens with zero attached hydrogens (tertiary/aromatic N) is 2. The maximum Gasteiger partial charge on any atom is 0.265 e. The van der Waals surface area contributed by atoms with E-state index in [4.69, 9.17) is 23.8 Å². The number of rotatable bonds is 11. The van der Waals surface area contributed by atoms with Gasteiger partial charge in [-0.05, 0) is 61.7 Å². The van der Waals surface area contributed by atoms with Crippen molar-refractivity contribution in [2.24, 2.45) is 0 Å². The molecule has 2 N–H and O–H groups in total. The van der Waals surface area contributed by atoms with Gasteiger partial charge in [-0.25, -0.2) is 13.9 Å². The van der Waals surface area contributed by atoms with Gasteiger partial charge in [0.2, 0.25) is 5.89 Å². The molecule has 12 nitrogen and oxygen atoms in total. The number of carbonyl (C=O) groups excluding carboxylic acids is 2. The minimum Gasteiger partial charge on any atom is -0.496 e. The molecular weight excluding hydrogens is 518 g/mol. The maximum atomic E-state index is 13.3. The molecule has 2 heterocycles. The third-order valence-electron chi connectivity index (χ3n) is 6.32. The van der Waals surface area contributed by atoms with Crippen molar-refractivity contribution in [3.8, 4) is 23.0 Å². The summed E-state index contributed by atoms with van der Waals surface area (Å²) in [4.78, 5) is 23.4. The normalized spacial score (nSPS) is 15.0. The van der Waals surface area contributed by atoms with Crippen molar-refractivity contribution in [3.63, 3.8) is 0 Å². The fourth-order valence-corrected chi connectivity index (χ4v) is 6.14. The molecule has 4 rings (SSSR count). The largest absolute Gasteiger partial charge is 0.496 e. The van der Waals surface area contributed by atoms with Crippen LogP contribution in [0.1, 0.15) is 35.5 Å². The Balaban J connectivity index is 1.35. The summed E-state index contributed by atoms with van der Waals surface area (Å²) in [6.07, 6.45) is 1.55. The topological polar surface area (TPSA) is 167 Å². The predicted molar refractivity (Wildman–Crippen MR) is 132 cm³/mol. The number of benzene rings is 2. The molecule has 1 amide bonds. The van der Waals surface area contributed by atoms with E-state index in [1.54, 1.807) is 18.2 Å². The van der Waals surface area contributed by atoms with E-state index < -0.39 is 20.5 Å². The first-order chi connectivity index (χ1) is 18.3. The molecule has 0 aliphatic carbocycles. The van der Waals surface area contributed by atoms with Crippen molar-refractivity contribution in [3.05, 3.63) is 53.9 Å². The van der Waals surface area contributed by atoms with E-state index in [-0.39, 0.29) is 36.8 Å². The molecule has 2 aromatic carbocycles. The van der Waals surface area contributed by atoms with E-state index in [0.29, 0.717) is 54.3 Å². The van der Waals surface area contributed by atoms with Crippen LogP contribution in [0.5, 0.6) is 11.5 Å². The molecule has 38 heavy (non-hydrogen) atoms. The van der Waals surface area contributed by atoms with Crippen molar-refractivity contribution in [1.29, 1.82) is 0 Å². The van der Waals surface area contributed by atoms with Crippen LogP contribution in [0, 0.1) is 0 Å². The van der Waals surface area contributed by atoms with Gasteiger partial charge in [0.1, 0.15) is 17.8 Å². The molecule has 1 aliphatic heterocycles. The lowest BCUT2D eigenvalue weighted by Gasteiger charge is -2.34. The van der Waals surface area contributed by atoms with Crippen LogP contribution in [-0.2, 0) is 25.8 Å². The van der Waals surface area contributed by atoms with Crippen LogP contribution in [-0.4, -0.2) is 67.7 Å². The summed E-state index contributed by atoms with van der Waals surface area (Å²) in [6, 6.07) is 10.6. The molecular formula is C25H27N3O9S. The van der Waals surface area contributed by atoms with E-state index >= 15 is 0 Å². The molecule has 3 aromatic rings. The number of methoxy groups -OCH3 is 1. The molecule has 1 fully saturated rings. The SMILES string of the molecule is COc1ccc(C=O)cc1-c1nnc(CCCOc2ccc(S(=O)(=O)C3(C(=O)NO)CCOCC3)cc2)o1. The van der Waals surface area contributed by atoms with Gasteiger partial charge in [0.15, 0.2) is 14.6 Å². The number of aryl methyl sites for hydroxylation is 1. The van der Waals surface area contributed by atoms with Gasteiger partial charge in [0, 0.05) is 25.2 Å². The standard InChI is InChI=1S/C25H27N3O9S/c1-34-21-9-4-17(16-29)15-20(21)23-27-26-22(37-23)3-2-12-36-18-5-7-19(8-6-18)38(32,33)25(24(30)28-31)10-13-35-14-11-25/h4-9,15-16,31H,2-3,10-14H2,1H3,(H,28,30). The number of sulfone groups is 1. The van der Waals surface area contributed by atoms with Gasteiger partial charge < -0.3 is 18.6 Å². The van der Waals surface area contributed by atoms with Crippen LogP contribution in [0.2, 0.25) is 0 Å². The molecule has 0 unspecified atom stereocenters. The van der Waals surface area contributed by atoms with Gasteiger partial charge in [-0.3, -0.25) is 14.8 Å². The number of ether oxygens (including phenoxy) is 3. The fraction of sp³-hybridized carbons (Fsp3) is 0.360. The third-order valence-corrected chi connectivity index (χ3v) is 8.84. The van der Waals surface area contributed by atoms with Crippen molar-refractivity contribution < 1.29 is 41.8 Å². The fourth-order valence-electron chi connectivity index (χ4n) is 4.20. The van der Waals surface area contributed by atoms with E-state index in [1.807, 2.05) is 0 Å². The van der Waals surface area contributed by atoms with Gasteiger partial charge >= 0.3 is 0 Å². The second-order valence-electron chi connectivity index (χ2n) is 8.55. The van der Waals surface area contributed by atoms with Crippen molar-refractivity contribution in [2.45, 2.75) is 35.3 Å². The summed E-state index contributed by atoms with van der Waals surface area (Å²) in [6.45, 7) is 0.476. The van der Waals surface area contributed by atoms with Crippen molar-refractivity contribution >= 4 is 22.0 Å². The van der Waals surface area contributed by atoms with Crippen molar-refractivity contribution in [2.75, 3.05) is 26.9 Å². The zero-order chi connectivity index (χ0) is 27.2. The monoisotopic (exact) mass is 545 g/mol. The Morgan fingerprint density at radius 2 is 1.89 bits per heavy atom. The first-order valence-corrected chi connectivity index (χ1v) is 13.3. The molecule has 1 aliphatic rings. The highest BCUT2D eigenvalue weighted by Crippen LogP contribution is 2.36. The van der Waals surface area contributed by atoms with E-state index in [1.165, 1.54) is 36.9 Å². The highest BCUT2D eigenvalue weighted by molar-refractivity contribution is 7.93. The van der Waals surface area contributed by atoms with Gasteiger partial charge in [-0.2, -0.15) is 0 Å². The van der Waals surface area contributed by atoms with Gasteiger partial charge in [0.25, 0.3) is 11.8 Å². The lowest BCUT2D eigenvalue weighted by atomic mass is 9.98. The molecule has 0 spiro atoms. The number of nitrogens with one attached hydrogen (secondary N) is 1. The Kier molecular flexibility index (Phi) is 8.39.